The molecule has 0 aliphatic rings. The van der Waals surface area contributed by atoms with Crippen molar-refractivity contribution in [2.75, 3.05) is 0 Å². The third-order valence-corrected chi connectivity index (χ3v) is 7.08. The summed E-state index contributed by atoms with van der Waals surface area (Å²) in [5.41, 5.74) is 0.676. The zero-order valence-electron chi connectivity index (χ0n) is 10.3. The first-order valence-electron chi connectivity index (χ1n) is 5.55. The number of phenolic OH excluding ortho intramolecular Hbond substituents is 1. The van der Waals surface area contributed by atoms with Crippen LogP contribution < -0.4 is 4.72 Å². The smallest absolute Gasteiger partial charge is 0.250 e. The van der Waals surface area contributed by atoms with Gasteiger partial charge in [0.15, 0.2) is 0 Å². The summed E-state index contributed by atoms with van der Waals surface area (Å²) in [5, 5.41) is 9.78. The first-order chi connectivity index (χ1) is 9.29. The maximum absolute atomic E-state index is 12.2. The third kappa shape index (κ3) is 3.53. The van der Waals surface area contributed by atoms with Crippen LogP contribution in [0.2, 0.25) is 5.02 Å². The van der Waals surface area contributed by atoms with Crippen molar-refractivity contribution in [3.05, 3.63) is 44.7 Å². The van der Waals surface area contributed by atoms with E-state index in [9.17, 15) is 13.5 Å². The van der Waals surface area contributed by atoms with Crippen LogP contribution in [0.4, 0.5) is 0 Å². The van der Waals surface area contributed by atoms with Crippen molar-refractivity contribution >= 4 is 48.9 Å². The molecule has 2 rings (SSSR count). The van der Waals surface area contributed by atoms with Crippen LogP contribution in [0.25, 0.3) is 0 Å². The summed E-state index contributed by atoms with van der Waals surface area (Å²) in [6.07, 6.45) is 0. The van der Waals surface area contributed by atoms with Crippen molar-refractivity contribution < 1.29 is 13.5 Å². The van der Waals surface area contributed by atoms with Crippen LogP contribution in [0.5, 0.6) is 5.75 Å². The van der Waals surface area contributed by atoms with Crippen molar-refractivity contribution in [3.8, 4) is 5.75 Å². The molecule has 2 N–H and O–H groups in total. The van der Waals surface area contributed by atoms with E-state index in [-0.39, 0.29) is 9.96 Å². The van der Waals surface area contributed by atoms with E-state index in [1.165, 1.54) is 18.2 Å². The lowest BCUT2D eigenvalue weighted by Gasteiger charge is -2.13. The second kappa shape index (κ2) is 6.03. The number of thiophene rings is 1. The molecule has 0 aliphatic heterocycles. The lowest BCUT2D eigenvalue weighted by atomic mass is 10.1. The van der Waals surface area contributed by atoms with E-state index >= 15 is 0 Å². The first-order valence-corrected chi connectivity index (χ1v) is 9.03. The van der Waals surface area contributed by atoms with Crippen molar-refractivity contribution in [3.63, 3.8) is 0 Å². The minimum atomic E-state index is -3.65. The van der Waals surface area contributed by atoms with Crippen molar-refractivity contribution in [2.24, 2.45) is 0 Å². The van der Waals surface area contributed by atoms with Crippen LogP contribution in [0, 0.1) is 0 Å². The molecular formula is C12H11BrClNO3S2. The Morgan fingerprint density at radius 1 is 1.40 bits per heavy atom. The summed E-state index contributed by atoms with van der Waals surface area (Å²) in [5.74, 6) is 0.0930. The molecule has 0 fully saturated rings. The number of sulfonamides is 1. The van der Waals surface area contributed by atoms with Gasteiger partial charge in [-0.15, -0.1) is 11.3 Å². The zero-order chi connectivity index (χ0) is 14.9. The van der Waals surface area contributed by atoms with Gasteiger partial charge in [0.25, 0.3) is 10.0 Å². The number of benzene rings is 1. The van der Waals surface area contributed by atoms with Gasteiger partial charge >= 0.3 is 0 Å². The Bertz CT molecular complexity index is 711. The molecular weight excluding hydrogens is 386 g/mol. The van der Waals surface area contributed by atoms with Gasteiger partial charge in [-0.2, -0.15) is 0 Å². The molecule has 108 valence electrons. The van der Waals surface area contributed by atoms with Gasteiger partial charge < -0.3 is 5.11 Å². The fourth-order valence-electron chi connectivity index (χ4n) is 1.61. The highest BCUT2D eigenvalue weighted by molar-refractivity contribution is 9.11. The molecule has 20 heavy (non-hydrogen) atoms. The standard InChI is InChI=1S/C12H11BrClNO3S2/c1-7(8-3-2-4-9(16)5-8)15-20(17,18)11-6-10(14)12(13)19-11/h2-7,15-16H,1H3. The zero-order valence-corrected chi connectivity index (χ0v) is 14.3. The van der Waals surface area contributed by atoms with E-state index in [4.69, 9.17) is 11.6 Å². The maximum atomic E-state index is 12.2. The fourth-order valence-corrected chi connectivity index (χ4v) is 5.26. The number of hydrogen-bond donors (Lipinski definition) is 2. The lowest BCUT2D eigenvalue weighted by molar-refractivity contribution is 0.473. The molecule has 4 nitrogen and oxygen atoms in total. The number of hydrogen-bond acceptors (Lipinski definition) is 4. The number of halogens is 2. The summed E-state index contributed by atoms with van der Waals surface area (Å²) >= 11 is 10.1. The summed E-state index contributed by atoms with van der Waals surface area (Å²) < 4.78 is 27.7. The predicted octanol–water partition coefficient (Wildman–Crippen LogP) is 3.91. The van der Waals surface area contributed by atoms with Gasteiger partial charge in [0.05, 0.1) is 8.81 Å². The Morgan fingerprint density at radius 2 is 2.10 bits per heavy atom. The molecule has 1 aromatic carbocycles. The Hall–Kier alpha value is -0.600. The monoisotopic (exact) mass is 395 g/mol. The van der Waals surface area contributed by atoms with Crippen LogP contribution in [0.1, 0.15) is 18.5 Å². The SMILES string of the molecule is CC(NS(=O)(=O)c1cc(Cl)c(Br)s1)c1cccc(O)c1. The van der Waals surface area contributed by atoms with E-state index in [1.54, 1.807) is 19.1 Å². The van der Waals surface area contributed by atoms with Gasteiger partial charge in [-0.25, -0.2) is 13.1 Å². The quantitative estimate of drug-likeness (QED) is 0.823. The van der Waals surface area contributed by atoms with Crippen LogP contribution in [-0.2, 0) is 10.0 Å². The molecule has 0 bridgehead atoms. The minimum Gasteiger partial charge on any atom is -0.508 e. The van der Waals surface area contributed by atoms with E-state index in [2.05, 4.69) is 20.7 Å². The average molecular weight is 397 g/mol. The largest absolute Gasteiger partial charge is 0.508 e. The highest BCUT2D eigenvalue weighted by Crippen LogP contribution is 2.35. The first kappa shape index (κ1) is 15.8. The second-order valence-electron chi connectivity index (χ2n) is 4.13. The van der Waals surface area contributed by atoms with Crippen LogP contribution in [0.15, 0.2) is 38.3 Å². The molecule has 0 spiro atoms. The van der Waals surface area contributed by atoms with E-state index in [0.717, 1.165) is 11.3 Å². The number of aromatic hydroxyl groups is 1. The maximum Gasteiger partial charge on any atom is 0.250 e. The molecule has 0 aliphatic carbocycles. The summed E-state index contributed by atoms with van der Waals surface area (Å²) in [6, 6.07) is 7.38. The van der Waals surface area contributed by atoms with Crippen molar-refractivity contribution in [1.82, 2.24) is 4.72 Å². The van der Waals surface area contributed by atoms with Gasteiger partial charge in [-0.3, -0.25) is 0 Å². The highest BCUT2D eigenvalue weighted by Gasteiger charge is 2.22. The molecule has 0 radical (unpaired) electrons. The summed E-state index contributed by atoms with van der Waals surface area (Å²) in [7, 11) is -3.65. The van der Waals surface area contributed by atoms with Crippen LogP contribution >= 0.6 is 38.9 Å². The van der Waals surface area contributed by atoms with Crippen molar-refractivity contribution in [1.29, 1.82) is 0 Å². The number of nitrogens with one attached hydrogen (secondary N) is 1. The van der Waals surface area contributed by atoms with E-state index in [1.807, 2.05) is 0 Å². The third-order valence-electron chi connectivity index (χ3n) is 2.59. The molecule has 2 aromatic rings. The van der Waals surface area contributed by atoms with E-state index < -0.39 is 16.1 Å². The number of rotatable bonds is 4. The second-order valence-corrected chi connectivity index (χ2v) is 8.84. The Morgan fingerprint density at radius 3 is 2.65 bits per heavy atom. The number of phenols is 1. The molecule has 1 atom stereocenters. The van der Waals surface area contributed by atoms with Crippen LogP contribution in [0.3, 0.4) is 0 Å². The van der Waals surface area contributed by atoms with E-state index in [0.29, 0.717) is 14.4 Å². The summed E-state index contributed by atoms with van der Waals surface area (Å²) in [4.78, 5) is 0. The van der Waals surface area contributed by atoms with Gasteiger partial charge in [0.1, 0.15) is 9.96 Å². The molecule has 0 saturated carbocycles. The molecule has 0 amide bonds. The van der Waals surface area contributed by atoms with Gasteiger partial charge in [0.2, 0.25) is 0 Å². The molecule has 8 heteroatoms. The molecule has 1 aromatic heterocycles. The van der Waals surface area contributed by atoms with Gasteiger partial charge in [-0.1, -0.05) is 23.7 Å². The van der Waals surface area contributed by atoms with Gasteiger partial charge in [0, 0.05) is 6.04 Å². The normalized spacial score (nSPS) is 13.3. The summed E-state index contributed by atoms with van der Waals surface area (Å²) in [6.45, 7) is 1.70. The average Bonchev–Trinajstić information content (AvgIpc) is 2.70. The molecule has 0 saturated heterocycles. The molecule has 1 unspecified atom stereocenters. The topological polar surface area (TPSA) is 66.4 Å². The Labute approximate surface area is 134 Å². The van der Waals surface area contributed by atoms with Crippen molar-refractivity contribution in [2.45, 2.75) is 17.2 Å². The lowest BCUT2D eigenvalue weighted by Crippen LogP contribution is -2.26. The fraction of sp³-hybridized carbons (Fsp3) is 0.167. The Balaban J connectivity index is 2.24. The van der Waals surface area contributed by atoms with Crippen LogP contribution in [-0.4, -0.2) is 13.5 Å². The van der Waals surface area contributed by atoms with Gasteiger partial charge in [-0.05, 0) is 46.6 Å². The predicted molar refractivity (Wildman–Crippen MR) is 83.9 cm³/mol. The highest BCUT2D eigenvalue weighted by atomic mass is 79.9. The molecule has 1 heterocycles. The minimum absolute atomic E-state index is 0.0930. The Kier molecular flexibility index (Phi) is 4.76.